The van der Waals surface area contributed by atoms with Crippen LogP contribution in [0.5, 0.6) is 0 Å². The molecule has 4 nitrogen and oxygen atoms in total. The minimum absolute atomic E-state index is 0.0146. The predicted molar refractivity (Wildman–Crippen MR) is 83.6 cm³/mol. The number of piperidine rings is 1. The molecule has 0 unspecified atom stereocenters. The lowest BCUT2D eigenvalue weighted by Gasteiger charge is -2.35. The maximum atomic E-state index is 13.4. The highest BCUT2D eigenvalue weighted by atomic mass is 19.3. The Bertz CT molecular complexity index is 536. The highest BCUT2D eigenvalue weighted by molar-refractivity contribution is 5.97. The second-order valence-electron chi connectivity index (χ2n) is 7.00. The van der Waals surface area contributed by atoms with Crippen LogP contribution in [-0.4, -0.2) is 52.8 Å². The molecule has 1 radical (unpaired) electrons. The van der Waals surface area contributed by atoms with Crippen LogP contribution in [0, 0.1) is 18.3 Å². The smallest absolute Gasteiger partial charge is 0.264 e. The van der Waals surface area contributed by atoms with Gasteiger partial charge in [0.15, 0.2) is 0 Å². The molecule has 0 aromatic rings. The Hall–Kier alpha value is -1.48. The van der Waals surface area contributed by atoms with Crippen LogP contribution in [-0.2, 0) is 4.79 Å². The zero-order chi connectivity index (χ0) is 17.3. The third-order valence-corrected chi connectivity index (χ3v) is 4.72. The molecule has 2 fully saturated rings. The van der Waals surface area contributed by atoms with Gasteiger partial charge in [0, 0.05) is 31.1 Å². The highest BCUT2D eigenvalue weighted by Gasteiger charge is 2.43. The average molecular weight is 324 g/mol. The van der Waals surface area contributed by atoms with Gasteiger partial charge in [-0.25, -0.2) is 8.78 Å². The van der Waals surface area contributed by atoms with Gasteiger partial charge in [-0.05, 0) is 46.1 Å². The summed E-state index contributed by atoms with van der Waals surface area (Å²) in [4.78, 5) is 15.8. The molecule has 0 spiro atoms. The first-order valence-corrected chi connectivity index (χ1v) is 8.06. The molecule has 2 saturated heterocycles. The lowest BCUT2D eigenvalue weighted by molar-refractivity contribution is -0.129. The molecular formula is C17H24F2N3O. The summed E-state index contributed by atoms with van der Waals surface area (Å²) < 4.78 is 26.9. The lowest BCUT2D eigenvalue weighted by atomic mass is 9.97. The van der Waals surface area contributed by atoms with Gasteiger partial charge in [0.1, 0.15) is 11.6 Å². The second kappa shape index (κ2) is 6.56. The molecule has 0 aliphatic carbocycles. The van der Waals surface area contributed by atoms with E-state index in [2.05, 4.69) is 6.92 Å². The van der Waals surface area contributed by atoms with Gasteiger partial charge in [-0.1, -0.05) is 0 Å². The van der Waals surface area contributed by atoms with Crippen molar-refractivity contribution in [1.82, 2.24) is 9.80 Å². The van der Waals surface area contributed by atoms with Crippen molar-refractivity contribution >= 4 is 5.91 Å². The SMILES string of the molecule is [CH2][C@@H]1CCCCN1C(=O)C(C#N)=CC(C)(C)N1CCC(F)(F)C1. The topological polar surface area (TPSA) is 47.3 Å². The van der Waals surface area contributed by atoms with Gasteiger partial charge in [-0.2, -0.15) is 5.26 Å². The van der Waals surface area contributed by atoms with E-state index in [9.17, 15) is 18.8 Å². The van der Waals surface area contributed by atoms with Crippen LogP contribution < -0.4 is 0 Å². The maximum absolute atomic E-state index is 13.4. The molecule has 2 aliphatic heterocycles. The number of hydrogen-bond acceptors (Lipinski definition) is 3. The predicted octanol–water partition coefficient (Wildman–Crippen LogP) is 2.77. The molecule has 2 rings (SSSR count). The normalized spacial score (nSPS) is 26.2. The molecule has 0 aromatic carbocycles. The van der Waals surface area contributed by atoms with Crippen LogP contribution in [0.4, 0.5) is 8.78 Å². The summed E-state index contributed by atoms with van der Waals surface area (Å²) in [6.07, 6.45) is 4.09. The Morgan fingerprint density at radius 3 is 2.61 bits per heavy atom. The first-order chi connectivity index (χ1) is 10.7. The van der Waals surface area contributed by atoms with E-state index < -0.39 is 11.5 Å². The van der Waals surface area contributed by atoms with E-state index in [0.29, 0.717) is 6.54 Å². The molecule has 1 amide bonds. The number of amides is 1. The number of hydrogen-bond donors (Lipinski definition) is 0. The number of likely N-dealkylation sites (tertiary alicyclic amines) is 2. The van der Waals surface area contributed by atoms with E-state index in [1.807, 2.05) is 6.07 Å². The first kappa shape index (κ1) is 17.9. The van der Waals surface area contributed by atoms with Crippen LogP contribution in [0.2, 0.25) is 0 Å². The molecule has 23 heavy (non-hydrogen) atoms. The molecule has 0 N–H and O–H groups in total. The Labute approximate surface area is 136 Å². The average Bonchev–Trinajstić information content (AvgIpc) is 2.86. The fourth-order valence-electron chi connectivity index (χ4n) is 3.24. The molecule has 0 bridgehead atoms. The molecule has 6 heteroatoms. The van der Waals surface area contributed by atoms with Crippen molar-refractivity contribution in [3.63, 3.8) is 0 Å². The Morgan fingerprint density at radius 1 is 1.39 bits per heavy atom. The van der Waals surface area contributed by atoms with E-state index in [-0.39, 0.29) is 37.0 Å². The number of carbonyl (C=O) groups excluding carboxylic acids is 1. The minimum atomic E-state index is -2.70. The van der Waals surface area contributed by atoms with Gasteiger partial charge in [-0.15, -0.1) is 0 Å². The van der Waals surface area contributed by atoms with Crippen LogP contribution in [0.3, 0.4) is 0 Å². The van der Waals surface area contributed by atoms with Gasteiger partial charge in [0.05, 0.1) is 6.54 Å². The summed E-state index contributed by atoms with van der Waals surface area (Å²) in [5, 5.41) is 9.37. The number of halogens is 2. The summed E-state index contributed by atoms with van der Waals surface area (Å²) in [6, 6.07) is 1.82. The van der Waals surface area contributed by atoms with Gasteiger partial charge in [0.2, 0.25) is 0 Å². The number of carbonyl (C=O) groups is 1. The molecule has 0 aromatic heterocycles. The monoisotopic (exact) mass is 324 g/mol. The lowest BCUT2D eigenvalue weighted by Crippen LogP contribution is -2.45. The van der Waals surface area contributed by atoms with Crippen molar-refractivity contribution in [3.8, 4) is 6.07 Å². The number of nitrogens with zero attached hydrogens (tertiary/aromatic N) is 3. The van der Waals surface area contributed by atoms with Crippen LogP contribution in [0.15, 0.2) is 11.6 Å². The Balaban J connectivity index is 2.17. The van der Waals surface area contributed by atoms with E-state index in [4.69, 9.17) is 0 Å². The highest BCUT2D eigenvalue weighted by Crippen LogP contribution is 2.33. The fourth-order valence-corrected chi connectivity index (χ4v) is 3.24. The standard InChI is InChI=1S/C17H24F2N3O/c1-13-6-4-5-8-22(13)15(23)14(11-20)10-16(2,3)21-9-7-17(18,19)12-21/h10,13H,1,4-9,12H2,2-3H3/t13-/m1/s1. The van der Waals surface area contributed by atoms with Gasteiger partial charge in [0.25, 0.3) is 11.8 Å². The number of alkyl halides is 2. The van der Waals surface area contributed by atoms with E-state index >= 15 is 0 Å². The molecule has 2 heterocycles. The number of nitriles is 1. The Kier molecular flexibility index (Phi) is 5.10. The first-order valence-electron chi connectivity index (χ1n) is 8.06. The van der Waals surface area contributed by atoms with Crippen molar-refractivity contribution in [2.45, 2.75) is 57.0 Å². The van der Waals surface area contributed by atoms with Crippen LogP contribution in [0.1, 0.15) is 39.5 Å². The molecule has 0 saturated carbocycles. The van der Waals surface area contributed by atoms with Crippen molar-refractivity contribution in [2.75, 3.05) is 19.6 Å². The zero-order valence-electron chi connectivity index (χ0n) is 13.8. The van der Waals surface area contributed by atoms with Crippen molar-refractivity contribution in [1.29, 1.82) is 5.26 Å². The molecular weight excluding hydrogens is 300 g/mol. The van der Waals surface area contributed by atoms with E-state index in [1.54, 1.807) is 23.6 Å². The number of rotatable bonds is 3. The van der Waals surface area contributed by atoms with Gasteiger partial charge in [-0.3, -0.25) is 9.69 Å². The van der Waals surface area contributed by atoms with Crippen molar-refractivity contribution in [2.24, 2.45) is 0 Å². The quantitative estimate of drug-likeness (QED) is 0.592. The summed E-state index contributed by atoms with van der Waals surface area (Å²) in [7, 11) is 0. The maximum Gasteiger partial charge on any atom is 0.264 e. The minimum Gasteiger partial charge on any atom is -0.335 e. The van der Waals surface area contributed by atoms with Crippen LogP contribution in [0.25, 0.3) is 0 Å². The van der Waals surface area contributed by atoms with Crippen molar-refractivity contribution < 1.29 is 13.6 Å². The third kappa shape index (κ3) is 4.08. The molecule has 1 atom stereocenters. The van der Waals surface area contributed by atoms with Gasteiger partial charge >= 0.3 is 0 Å². The summed E-state index contributed by atoms with van der Waals surface area (Å²) in [5.74, 6) is -3.04. The summed E-state index contributed by atoms with van der Waals surface area (Å²) in [5.41, 5.74) is -0.756. The zero-order valence-corrected chi connectivity index (χ0v) is 13.8. The summed E-state index contributed by atoms with van der Waals surface area (Å²) in [6.45, 7) is 7.99. The second-order valence-corrected chi connectivity index (χ2v) is 7.00. The van der Waals surface area contributed by atoms with E-state index in [0.717, 1.165) is 19.3 Å². The molecule has 2 aliphatic rings. The molecule has 127 valence electrons. The summed E-state index contributed by atoms with van der Waals surface area (Å²) >= 11 is 0. The van der Waals surface area contributed by atoms with Crippen LogP contribution >= 0.6 is 0 Å². The van der Waals surface area contributed by atoms with Crippen molar-refractivity contribution in [3.05, 3.63) is 18.6 Å². The Morgan fingerprint density at radius 2 is 2.09 bits per heavy atom. The van der Waals surface area contributed by atoms with Gasteiger partial charge < -0.3 is 4.90 Å². The third-order valence-electron chi connectivity index (χ3n) is 4.72. The largest absolute Gasteiger partial charge is 0.335 e. The fraction of sp³-hybridized carbons (Fsp3) is 0.706. The van der Waals surface area contributed by atoms with E-state index in [1.165, 1.54) is 6.08 Å².